The molecule has 0 radical (unpaired) electrons. The van der Waals surface area contributed by atoms with Crippen molar-refractivity contribution in [1.82, 2.24) is 0 Å². The van der Waals surface area contributed by atoms with Crippen LogP contribution in [0.1, 0.15) is 26.3 Å². The van der Waals surface area contributed by atoms with E-state index in [4.69, 9.17) is 0 Å². The minimum atomic E-state index is -0.0875. The van der Waals surface area contributed by atoms with Crippen molar-refractivity contribution >= 4 is 57.2 Å². The number of nitrogens with zero attached hydrogens (tertiary/aromatic N) is 2. The van der Waals surface area contributed by atoms with E-state index in [1.54, 1.807) is 0 Å². The van der Waals surface area contributed by atoms with Gasteiger partial charge in [0, 0.05) is 34.1 Å². The molecule has 8 aromatic carbocycles. The molecule has 55 heavy (non-hydrogen) atoms. The molecule has 8 aromatic rings. The molecule has 0 amide bonds. The fourth-order valence-electron chi connectivity index (χ4n) is 8.65. The van der Waals surface area contributed by atoms with Crippen LogP contribution < -0.4 is 26.2 Å². The predicted molar refractivity (Wildman–Crippen MR) is 235 cm³/mol. The Kier molecular flexibility index (Phi) is 7.85. The Morgan fingerprint density at radius 1 is 0.345 bits per heavy atom. The fraction of sp³-hybridized carbons (Fsp3) is 0.0769. The minimum absolute atomic E-state index is 0.00450. The van der Waals surface area contributed by atoms with E-state index in [-0.39, 0.29) is 12.1 Å². The second kappa shape index (κ2) is 13.1. The summed E-state index contributed by atoms with van der Waals surface area (Å²) >= 11 is 0. The lowest BCUT2D eigenvalue weighted by Gasteiger charge is -2.45. The molecule has 0 aromatic heterocycles. The van der Waals surface area contributed by atoms with Crippen molar-refractivity contribution in [2.75, 3.05) is 9.80 Å². The summed E-state index contributed by atoms with van der Waals surface area (Å²) in [5, 5.41) is 0. The molecule has 0 saturated heterocycles. The molecule has 0 bridgehead atoms. The number of rotatable bonds is 5. The van der Waals surface area contributed by atoms with Gasteiger partial charge in [-0.2, -0.15) is 0 Å². The van der Waals surface area contributed by atoms with Gasteiger partial charge in [-0.1, -0.05) is 166 Å². The van der Waals surface area contributed by atoms with Crippen molar-refractivity contribution in [3.8, 4) is 33.4 Å². The van der Waals surface area contributed by atoms with E-state index >= 15 is 0 Å². The van der Waals surface area contributed by atoms with Gasteiger partial charge in [0.2, 0.25) is 0 Å². The van der Waals surface area contributed by atoms with E-state index in [9.17, 15) is 0 Å². The lowest BCUT2D eigenvalue weighted by Crippen LogP contribution is -2.61. The molecular formula is C52H41BN2. The Balaban J connectivity index is 1.31. The summed E-state index contributed by atoms with van der Waals surface area (Å²) < 4.78 is 0. The average Bonchev–Trinajstić information content (AvgIpc) is 3.24. The van der Waals surface area contributed by atoms with E-state index in [0.29, 0.717) is 0 Å². The number of hydrogen-bond donors (Lipinski definition) is 0. The van der Waals surface area contributed by atoms with Crippen molar-refractivity contribution in [2.24, 2.45) is 0 Å². The van der Waals surface area contributed by atoms with Gasteiger partial charge in [-0.25, -0.2) is 0 Å². The maximum atomic E-state index is 2.54. The van der Waals surface area contributed by atoms with Crippen LogP contribution in [0, 0.1) is 0 Å². The van der Waals surface area contributed by atoms with Crippen molar-refractivity contribution in [2.45, 2.75) is 26.2 Å². The highest BCUT2D eigenvalue weighted by molar-refractivity contribution is 7.00. The van der Waals surface area contributed by atoms with Gasteiger partial charge in [0.15, 0.2) is 0 Å². The third-order valence-corrected chi connectivity index (χ3v) is 11.4. The zero-order valence-corrected chi connectivity index (χ0v) is 31.4. The molecule has 0 spiro atoms. The van der Waals surface area contributed by atoms with Gasteiger partial charge < -0.3 is 9.80 Å². The topological polar surface area (TPSA) is 6.48 Å². The van der Waals surface area contributed by atoms with Crippen LogP contribution in [-0.2, 0) is 5.41 Å². The average molecular weight is 705 g/mol. The normalized spacial score (nSPS) is 12.9. The summed E-state index contributed by atoms with van der Waals surface area (Å²) in [5.41, 5.74) is 19.7. The minimum Gasteiger partial charge on any atom is -0.311 e. The third-order valence-electron chi connectivity index (χ3n) is 11.4. The van der Waals surface area contributed by atoms with Crippen LogP contribution in [0.5, 0.6) is 0 Å². The highest BCUT2D eigenvalue weighted by Crippen LogP contribution is 2.47. The summed E-state index contributed by atoms with van der Waals surface area (Å²) in [6, 6.07) is 71.5. The molecule has 0 aliphatic carbocycles. The van der Waals surface area contributed by atoms with Crippen LogP contribution in [0.2, 0.25) is 0 Å². The molecule has 3 heteroatoms. The van der Waals surface area contributed by atoms with Crippen LogP contribution >= 0.6 is 0 Å². The molecule has 262 valence electrons. The third kappa shape index (κ3) is 5.67. The Morgan fingerprint density at radius 3 is 1.22 bits per heavy atom. The molecule has 0 unspecified atom stereocenters. The molecule has 2 heterocycles. The Morgan fingerprint density at radius 2 is 0.745 bits per heavy atom. The first kappa shape index (κ1) is 33.0. The molecule has 0 atom stereocenters. The number of fused-ring (bicyclic) bond motifs is 4. The summed E-state index contributed by atoms with van der Waals surface area (Å²) in [6.45, 7) is 7.00. The van der Waals surface area contributed by atoms with Gasteiger partial charge in [0.1, 0.15) is 0 Å². The van der Waals surface area contributed by atoms with Crippen molar-refractivity contribution < 1.29 is 0 Å². The van der Waals surface area contributed by atoms with Gasteiger partial charge in [0.05, 0.1) is 0 Å². The number of anilines is 6. The second-order valence-electron chi connectivity index (χ2n) is 15.8. The SMILES string of the molecule is CC(C)(C)c1cc2c3c(c1)N(c1cccc(-c4ccccc4)c1)c1ccc(-c4ccccc4)cc1B3c1cc(-c3ccccc3)ccc1N2c1ccccc1. The lowest BCUT2D eigenvalue weighted by molar-refractivity contribution is 0.590. The quantitative estimate of drug-likeness (QED) is 0.165. The maximum Gasteiger partial charge on any atom is 0.252 e. The molecular weight excluding hydrogens is 663 g/mol. The zero-order chi connectivity index (χ0) is 37.1. The second-order valence-corrected chi connectivity index (χ2v) is 15.8. The molecule has 0 N–H and O–H groups in total. The van der Waals surface area contributed by atoms with Gasteiger partial charge in [-0.3, -0.25) is 0 Å². The first-order valence-corrected chi connectivity index (χ1v) is 19.3. The summed E-state index contributed by atoms with van der Waals surface area (Å²) in [7, 11) is 0. The van der Waals surface area contributed by atoms with E-state index in [1.807, 2.05) is 0 Å². The first-order valence-electron chi connectivity index (χ1n) is 19.3. The monoisotopic (exact) mass is 704 g/mol. The Hall–Kier alpha value is -6.58. The zero-order valence-electron chi connectivity index (χ0n) is 31.4. The van der Waals surface area contributed by atoms with Crippen molar-refractivity contribution in [3.05, 3.63) is 200 Å². The molecule has 2 aliphatic heterocycles. The van der Waals surface area contributed by atoms with Crippen LogP contribution in [0.3, 0.4) is 0 Å². The smallest absolute Gasteiger partial charge is 0.252 e. The van der Waals surface area contributed by atoms with Gasteiger partial charge in [-0.15, -0.1) is 0 Å². The van der Waals surface area contributed by atoms with E-state index < -0.39 is 0 Å². The van der Waals surface area contributed by atoms with Crippen molar-refractivity contribution in [3.63, 3.8) is 0 Å². The lowest BCUT2D eigenvalue weighted by atomic mass is 9.33. The molecule has 2 nitrogen and oxygen atoms in total. The predicted octanol–water partition coefficient (Wildman–Crippen LogP) is 12.1. The molecule has 10 rings (SSSR count). The van der Waals surface area contributed by atoms with Crippen LogP contribution in [0.4, 0.5) is 34.1 Å². The molecule has 0 saturated carbocycles. The van der Waals surface area contributed by atoms with Gasteiger partial charge >= 0.3 is 0 Å². The number of para-hydroxylation sites is 1. The Labute approximate surface area is 325 Å². The summed E-state index contributed by atoms with van der Waals surface area (Å²) in [4.78, 5) is 5.05. The molecule has 0 fully saturated rings. The van der Waals surface area contributed by atoms with Gasteiger partial charge in [0.25, 0.3) is 6.71 Å². The van der Waals surface area contributed by atoms with Gasteiger partial charge in [-0.05, 0) is 109 Å². The standard InChI is InChI=1S/C52H41BN2/c1-52(2,3)42-34-49-51-50(35-42)55(44-26-16-23-39(31-44)36-17-8-4-9-18-36)48-30-28-41(38-21-12-6-13-22-38)33-46(48)53(51)45-32-40(37-19-10-5-11-20-37)27-29-47(45)54(49)43-24-14-7-15-25-43/h4-35H,1-3H3. The maximum absolute atomic E-state index is 2.54. The van der Waals surface area contributed by atoms with E-state index in [0.717, 1.165) is 11.4 Å². The van der Waals surface area contributed by atoms with Crippen LogP contribution in [0.25, 0.3) is 33.4 Å². The Bertz CT molecular complexity index is 2680. The highest BCUT2D eigenvalue weighted by atomic mass is 15.2. The van der Waals surface area contributed by atoms with Crippen LogP contribution in [-0.4, -0.2) is 6.71 Å². The largest absolute Gasteiger partial charge is 0.311 e. The van der Waals surface area contributed by atoms with E-state index in [1.165, 1.54) is 78.1 Å². The summed E-state index contributed by atoms with van der Waals surface area (Å²) in [6.07, 6.45) is 0. The highest BCUT2D eigenvalue weighted by Gasteiger charge is 2.44. The molecule has 2 aliphatic rings. The van der Waals surface area contributed by atoms with Crippen LogP contribution in [0.15, 0.2) is 194 Å². The van der Waals surface area contributed by atoms with E-state index in [2.05, 4.69) is 225 Å². The number of benzene rings is 8. The first-order chi connectivity index (χ1) is 26.9. The number of hydrogen-bond acceptors (Lipinski definition) is 2. The summed E-state index contributed by atoms with van der Waals surface area (Å²) in [5.74, 6) is 0. The fourth-order valence-corrected chi connectivity index (χ4v) is 8.65. The van der Waals surface area contributed by atoms with Crippen molar-refractivity contribution in [1.29, 1.82) is 0 Å².